The third-order valence-corrected chi connectivity index (χ3v) is 5.56. The second kappa shape index (κ2) is 10.2. The molecule has 1 aromatic carbocycles. The average Bonchev–Trinajstić information content (AvgIpc) is 2.80. The van der Waals surface area contributed by atoms with Gasteiger partial charge in [0.1, 0.15) is 17.4 Å². The molecule has 0 saturated carbocycles. The number of anilines is 3. The van der Waals surface area contributed by atoms with Crippen LogP contribution in [0.2, 0.25) is 0 Å². The molecule has 0 unspecified atom stereocenters. The van der Waals surface area contributed by atoms with E-state index in [0.29, 0.717) is 17.5 Å². The lowest BCUT2D eigenvalue weighted by Crippen LogP contribution is -2.30. The Labute approximate surface area is 189 Å². The Morgan fingerprint density at radius 1 is 1.23 bits per heavy atom. The molecule has 0 atom stereocenters. The average molecular weight is 438 g/mol. The lowest BCUT2D eigenvalue weighted by Gasteiger charge is -2.32. The molecule has 0 fully saturated rings. The van der Waals surface area contributed by atoms with Gasteiger partial charge in [-0.2, -0.15) is 9.97 Å². The number of hydrogen-bond acceptors (Lipinski definition) is 6. The number of methoxy groups -OCH3 is 1. The van der Waals surface area contributed by atoms with E-state index >= 15 is 0 Å². The summed E-state index contributed by atoms with van der Waals surface area (Å²) in [6.07, 6.45) is 4.14. The first-order valence-electron chi connectivity index (χ1n) is 10.0. The van der Waals surface area contributed by atoms with Crippen LogP contribution < -0.4 is 20.3 Å². The Hall–Kier alpha value is -3.25. The molecule has 0 bridgehead atoms. The summed E-state index contributed by atoms with van der Waals surface area (Å²) >= 11 is 6.19. The number of halogens is 1. The minimum Gasteiger partial charge on any atom is -0.497 e. The predicted molar refractivity (Wildman–Crippen MR) is 131 cm³/mol. The molecule has 0 spiro atoms. The van der Waals surface area contributed by atoms with Crippen molar-refractivity contribution >= 4 is 34.8 Å². The number of aromatic nitrogens is 2. The van der Waals surface area contributed by atoms with Crippen LogP contribution in [0.1, 0.15) is 17.5 Å². The van der Waals surface area contributed by atoms with Crippen LogP contribution in [0.4, 0.5) is 17.6 Å². The number of nitrogens with zero attached hydrogens (tertiary/aromatic N) is 3. The normalized spacial score (nSPS) is 13.8. The molecule has 0 saturated heterocycles. The van der Waals surface area contributed by atoms with Gasteiger partial charge >= 0.3 is 0 Å². The van der Waals surface area contributed by atoms with E-state index in [2.05, 4.69) is 52.4 Å². The van der Waals surface area contributed by atoms with E-state index in [1.165, 1.54) is 5.56 Å². The van der Waals surface area contributed by atoms with Gasteiger partial charge in [0, 0.05) is 31.7 Å². The molecule has 2 heterocycles. The van der Waals surface area contributed by atoms with Crippen LogP contribution in [-0.4, -0.2) is 37.2 Å². The van der Waals surface area contributed by atoms with Gasteiger partial charge in [-0.3, -0.25) is 0 Å². The van der Waals surface area contributed by atoms with Gasteiger partial charge in [0.25, 0.3) is 0 Å². The van der Waals surface area contributed by atoms with Crippen LogP contribution >= 0.6 is 11.6 Å². The Balaban J connectivity index is 1.93. The molecule has 1 aliphatic heterocycles. The highest BCUT2D eigenvalue weighted by molar-refractivity contribution is 6.31. The van der Waals surface area contributed by atoms with Crippen molar-refractivity contribution in [2.75, 3.05) is 42.8 Å². The number of allylic oxidation sites excluding steroid dienone is 2. The molecule has 162 valence electrons. The van der Waals surface area contributed by atoms with Crippen molar-refractivity contribution in [1.29, 1.82) is 0 Å². The Morgan fingerprint density at radius 2 is 1.97 bits per heavy atom. The van der Waals surface area contributed by atoms with Crippen LogP contribution in [0, 0.1) is 0 Å². The minimum absolute atomic E-state index is 0.440. The third kappa shape index (κ3) is 5.09. The molecule has 31 heavy (non-hydrogen) atoms. The summed E-state index contributed by atoms with van der Waals surface area (Å²) < 4.78 is 5.27. The maximum atomic E-state index is 6.19. The summed E-state index contributed by atoms with van der Waals surface area (Å²) in [6, 6.07) is 8.08. The number of fused-ring (bicyclic) bond motifs is 1. The highest BCUT2D eigenvalue weighted by atomic mass is 35.5. The molecule has 1 aliphatic rings. The maximum Gasteiger partial charge on any atom is 0.226 e. The SMILES string of the molecule is C=C/C(Cl)=C(\C=C)CNc1nc(NC)c2c(n1)N(Cc1ccc(OC)cc1)CCC2=C. The summed E-state index contributed by atoms with van der Waals surface area (Å²) in [5.74, 6) is 2.95. The standard InChI is InChI=1S/C24H28ClN5O/c1-6-18(20(25)7-2)14-27-24-28-22(26-4)21-16(3)12-13-30(23(21)29-24)15-17-8-10-19(31-5)11-9-17/h6-11H,1-3,12-15H2,4-5H3,(H2,26,27,28,29)/b20-18-. The molecule has 6 nitrogen and oxygen atoms in total. The van der Waals surface area contributed by atoms with Gasteiger partial charge in [0.2, 0.25) is 5.95 Å². The van der Waals surface area contributed by atoms with Crippen molar-refractivity contribution < 1.29 is 4.74 Å². The van der Waals surface area contributed by atoms with Crippen molar-refractivity contribution in [3.05, 3.63) is 77.9 Å². The predicted octanol–water partition coefficient (Wildman–Crippen LogP) is 5.23. The molecule has 2 N–H and O–H groups in total. The zero-order valence-corrected chi connectivity index (χ0v) is 18.8. The lowest BCUT2D eigenvalue weighted by molar-refractivity contribution is 0.414. The van der Waals surface area contributed by atoms with Crippen LogP contribution in [0.3, 0.4) is 0 Å². The van der Waals surface area contributed by atoms with Gasteiger partial charge in [0.05, 0.1) is 12.7 Å². The molecular formula is C24H28ClN5O. The van der Waals surface area contributed by atoms with E-state index < -0.39 is 0 Å². The first-order valence-corrected chi connectivity index (χ1v) is 10.4. The minimum atomic E-state index is 0.440. The summed E-state index contributed by atoms with van der Waals surface area (Å²) in [6.45, 7) is 13.8. The fourth-order valence-electron chi connectivity index (χ4n) is 3.43. The smallest absolute Gasteiger partial charge is 0.226 e. The summed E-state index contributed by atoms with van der Waals surface area (Å²) in [7, 11) is 3.52. The number of hydrogen-bond donors (Lipinski definition) is 2. The van der Waals surface area contributed by atoms with Crippen LogP contribution in [0.25, 0.3) is 5.57 Å². The highest BCUT2D eigenvalue weighted by Crippen LogP contribution is 2.38. The zero-order chi connectivity index (χ0) is 22.4. The van der Waals surface area contributed by atoms with E-state index in [-0.39, 0.29) is 0 Å². The molecule has 2 aromatic rings. The number of nitrogens with one attached hydrogen (secondary N) is 2. The summed E-state index contributed by atoms with van der Waals surface area (Å²) in [5.41, 5.74) is 3.98. The van der Waals surface area contributed by atoms with Gasteiger partial charge in [-0.25, -0.2) is 0 Å². The van der Waals surface area contributed by atoms with Gasteiger partial charge in [-0.1, -0.05) is 55.6 Å². The van der Waals surface area contributed by atoms with E-state index in [4.69, 9.17) is 21.3 Å². The van der Waals surface area contributed by atoms with Gasteiger partial charge in [-0.15, -0.1) is 0 Å². The van der Waals surface area contributed by atoms with Crippen molar-refractivity contribution in [3.63, 3.8) is 0 Å². The van der Waals surface area contributed by atoms with Gasteiger partial charge in [0.15, 0.2) is 0 Å². The third-order valence-electron chi connectivity index (χ3n) is 5.17. The van der Waals surface area contributed by atoms with Crippen LogP contribution in [0.5, 0.6) is 5.75 Å². The fraction of sp³-hybridized carbons (Fsp3) is 0.250. The molecule has 0 amide bonds. The van der Waals surface area contributed by atoms with Crippen molar-refractivity contribution in [1.82, 2.24) is 9.97 Å². The van der Waals surface area contributed by atoms with Gasteiger partial charge < -0.3 is 20.3 Å². The molecule has 3 rings (SSSR count). The molecule has 1 aromatic heterocycles. The lowest BCUT2D eigenvalue weighted by atomic mass is 10.00. The first kappa shape index (κ1) is 22.4. The molecular weight excluding hydrogens is 410 g/mol. The van der Waals surface area contributed by atoms with E-state index in [1.807, 2.05) is 19.2 Å². The fourth-order valence-corrected chi connectivity index (χ4v) is 3.57. The second-order valence-electron chi connectivity index (χ2n) is 7.10. The quantitative estimate of drug-likeness (QED) is 0.524. The van der Waals surface area contributed by atoms with Crippen molar-refractivity contribution in [3.8, 4) is 5.75 Å². The summed E-state index contributed by atoms with van der Waals surface area (Å²) in [5, 5.41) is 6.99. The van der Waals surface area contributed by atoms with Crippen molar-refractivity contribution in [2.45, 2.75) is 13.0 Å². The second-order valence-corrected chi connectivity index (χ2v) is 7.51. The monoisotopic (exact) mass is 437 g/mol. The largest absolute Gasteiger partial charge is 0.497 e. The Kier molecular flexibility index (Phi) is 7.36. The highest BCUT2D eigenvalue weighted by Gasteiger charge is 2.26. The molecule has 0 aliphatic carbocycles. The van der Waals surface area contributed by atoms with E-state index in [1.54, 1.807) is 19.3 Å². The number of benzene rings is 1. The van der Waals surface area contributed by atoms with Crippen molar-refractivity contribution in [2.24, 2.45) is 0 Å². The number of rotatable bonds is 9. The van der Waals surface area contributed by atoms with Crippen LogP contribution in [0.15, 0.2) is 66.8 Å². The van der Waals surface area contributed by atoms with E-state index in [0.717, 1.165) is 53.6 Å². The van der Waals surface area contributed by atoms with E-state index in [9.17, 15) is 0 Å². The Bertz CT molecular complexity index is 1010. The van der Waals surface area contributed by atoms with Gasteiger partial charge in [-0.05, 0) is 35.3 Å². The zero-order valence-electron chi connectivity index (χ0n) is 18.0. The topological polar surface area (TPSA) is 62.3 Å². The number of ether oxygens (including phenoxy) is 1. The maximum absolute atomic E-state index is 6.19. The first-order chi connectivity index (χ1) is 15.0. The summed E-state index contributed by atoms with van der Waals surface area (Å²) in [4.78, 5) is 11.7. The van der Waals surface area contributed by atoms with Crippen LogP contribution in [-0.2, 0) is 6.54 Å². The molecule has 7 heteroatoms. The Morgan fingerprint density at radius 3 is 2.58 bits per heavy atom. The molecule has 0 radical (unpaired) electrons.